The largest absolute Gasteiger partial charge is 0.335 e. The van der Waals surface area contributed by atoms with E-state index in [2.05, 4.69) is 53.3 Å². The van der Waals surface area contributed by atoms with Gasteiger partial charge in [0.25, 0.3) is 0 Å². The van der Waals surface area contributed by atoms with Crippen LogP contribution in [0.2, 0.25) is 0 Å². The first-order chi connectivity index (χ1) is 8.61. The summed E-state index contributed by atoms with van der Waals surface area (Å²) in [5, 5.41) is 0. The van der Waals surface area contributed by atoms with E-state index in [9.17, 15) is 0 Å². The van der Waals surface area contributed by atoms with Crippen molar-refractivity contribution in [2.45, 2.75) is 25.9 Å². The van der Waals surface area contributed by atoms with E-state index in [1.807, 2.05) is 12.3 Å². The van der Waals surface area contributed by atoms with Gasteiger partial charge in [0, 0.05) is 40.5 Å². The highest BCUT2D eigenvalue weighted by Gasteiger charge is 2.15. The van der Waals surface area contributed by atoms with Gasteiger partial charge in [-0.2, -0.15) is 0 Å². The molecule has 0 aromatic carbocycles. The number of nitrogens with two attached hydrogens (primary N) is 1. The Hall–Kier alpha value is -0.720. The van der Waals surface area contributed by atoms with E-state index in [1.54, 1.807) is 12.4 Å². The van der Waals surface area contributed by atoms with Crippen molar-refractivity contribution >= 4 is 31.9 Å². The van der Waals surface area contributed by atoms with Crippen LogP contribution in [0, 0.1) is 0 Å². The van der Waals surface area contributed by atoms with Gasteiger partial charge in [0.1, 0.15) is 5.82 Å². The van der Waals surface area contributed by atoms with Crippen LogP contribution < -0.4 is 5.73 Å². The maximum atomic E-state index is 6.20. The Morgan fingerprint density at radius 2 is 2.17 bits per heavy atom. The van der Waals surface area contributed by atoms with Gasteiger partial charge in [0.05, 0.1) is 11.7 Å². The number of halogens is 2. The molecule has 0 saturated carbocycles. The number of rotatable bonds is 4. The standard InChI is InChI=1S/C12H14Br2N4/c1-2-18-4-3-16-11(18)6-10(15)12-9(14)5-8(13)7-17-12/h3-5,7,10H,2,6,15H2,1H3. The van der Waals surface area contributed by atoms with E-state index in [0.29, 0.717) is 6.42 Å². The zero-order valence-corrected chi connectivity index (χ0v) is 13.1. The van der Waals surface area contributed by atoms with Crippen molar-refractivity contribution in [2.75, 3.05) is 0 Å². The molecule has 1 unspecified atom stereocenters. The van der Waals surface area contributed by atoms with Crippen molar-refractivity contribution in [3.63, 3.8) is 0 Å². The van der Waals surface area contributed by atoms with Crippen molar-refractivity contribution in [3.05, 3.63) is 45.1 Å². The molecule has 2 aromatic rings. The Morgan fingerprint density at radius 1 is 1.39 bits per heavy atom. The zero-order chi connectivity index (χ0) is 13.1. The van der Waals surface area contributed by atoms with Gasteiger partial charge in [-0.3, -0.25) is 4.98 Å². The minimum absolute atomic E-state index is 0.167. The molecule has 0 saturated heterocycles. The minimum atomic E-state index is -0.167. The maximum Gasteiger partial charge on any atom is 0.110 e. The average Bonchev–Trinajstić information content (AvgIpc) is 2.76. The van der Waals surface area contributed by atoms with Crippen LogP contribution >= 0.6 is 31.9 Å². The predicted octanol–water partition coefficient (Wildman–Crippen LogP) is 3.07. The Kier molecular flexibility index (Phi) is 4.53. The topological polar surface area (TPSA) is 56.7 Å². The highest BCUT2D eigenvalue weighted by atomic mass is 79.9. The first-order valence-electron chi connectivity index (χ1n) is 5.68. The molecule has 0 amide bonds. The molecular weight excluding hydrogens is 360 g/mol. The fourth-order valence-corrected chi connectivity index (χ4v) is 3.09. The molecular formula is C12H14Br2N4. The molecule has 0 bridgehead atoms. The van der Waals surface area contributed by atoms with Crippen molar-refractivity contribution < 1.29 is 0 Å². The second-order valence-corrected chi connectivity index (χ2v) is 5.73. The number of aromatic nitrogens is 3. The van der Waals surface area contributed by atoms with Crippen molar-refractivity contribution in [1.82, 2.24) is 14.5 Å². The smallest absolute Gasteiger partial charge is 0.110 e. The summed E-state index contributed by atoms with van der Waals surface area (Å²) in [6.45, 7) is 2.99. The number of nitrogens with zero attached hydrogens (tertiary/aromatic N) is 3. The molecule has 96 valence electrons. The summed E-state index contributed by atoms with van der Waals surface area (Å²) in [5.74, 6) is 0.988. The fraction of sp³-hybridized carbons (Fsp3) is 0.333. The predicted molar refractivity (Wildman–Crippen MR) is 78.2 cm³/mol. The molecule has 0 aliphatic heterocycles. The molecule has 2 rings (SSSR count). The SMILES string of the molecule is CCn1ccnc1CC(N)c1ncc(Br)cc1Br. The van der Waals surface area contributed by atoms with Gasteiger partial charge in [0.2, 0.25) is 0 Å². The average molecular weight is 374 g/mol. The quantitative estimate of drug-likeness (QED) is 0.895. The fourth-order valence-electron chi connectivity index (χ4n) is 1.81. The van der Waals surface area contributed by atoms with Gasteiger partial charge in [-0.1, -0.05) is 0 Å². The summed E-state index contributed by atoms with van der Waals surface area (Å²) in [7, 11) is 0. The van der Waals surface area contributed by atoms with Crippen LogP contribution in [0.3, 0.4) is 0 Å². The van der Waals surface area contributed by atoms with Gasteiger partial charge >= 0.3 is 0 Å². The summed E-state index contributed by atoms with van der Waals surface area (Å²) in [4.78, 5) is 8.69. The monoisotopic (exact) mass is 372 g/mol. The molecule has 0 aliphatic carbocycles. The molecule has 0 spiro atoms. The zero-order valence-electron chi connectivity index (χ0n) is 9.98. The molecule has 2 N–H and O–H groups in total. The normalized spacial score (nSPS) is 12.7. The van der Waals surface area contributed by atoms with Gasteiger partial charge in [-0.25, -0.2) is 4.98 Å². The lowest BCUT2D eigenvalue weighted by atomic mass is 10.1. The van der Waals surface area contributed by atoms with Crippen LogP contribution in [0.4, 0.5) is 0 Å². The lowest BCUT2D eigenvalue weighted by Gasteiger charge is -2.13. The molecule has 0 fully saturated rings. The van der Waals surface area contributed by atoms with Crippen molar-refractivity contribution in [3.8, 4) is 0 Å². The molecule has 18 heavy (non-hydrogen) atoms. The first-order valence-corrected chi connectivity index (χ1v) is 7.27. The van der Waals surface area contributed by atoms with Crippen molar-refractivity contribution in [1.29, 1.82) is 0 Å². The molecule has 1 atom stereocenters. The van der Waals surface area contributed by atoms with Crippen LogP contribution in [0.15, 0.2) is 33.6 Å². The number of hydrogen-bond donors (Lipinski definition) is 1. The third-order valence-electron chi connectivity index (χ3n) is 2.73. The molecule has 0 aliphatic rings. The lowest BCUT2D eigenvalue weighted by molar-refractivity contribution is 0.615. The van der Waals surface area contributed by atoms with Gasteiger partial charge in [0.15, 0.2) is 0 Å². The minimum Gasteiger partial charge on any atom is -0.335 e. The molecule has 4 nitrogen and oxygen atoms in total. The van der Waals surface area contributed by atoms with E-state index in [0.717, 1.165) is 27.0 Å². The van der Waals surface area contributed by atoms with E-state index >= 15 is 0 Å². The van der Waals surface area contributed by atoms with Crippen molar-refractivity contribution in [2.24, 2.45) is 5.73 Å². The van der Waals surface area contributed by atoms with Crippen LogP contribution in [0.1, 0.15) is 24.5 Å². The maximum absolute atomic E-state index is 6.20. The summed E-state index contributed by atoms with van der Waals surface area (Å²) in [6.07, 6.45) is 6.20. The lowest BCUT2D eigenvalue weighted by Crippen LogP contribution is -2.18. The summed E-state index contributed by atoms with van der Waals surface area (Å²) in [5.41, 5.74) is 7.05. The van der Waals surface area contributed by atoms with Crippen LogP contribution in [0.5, 0.6) is 0 Å². The summed E-state index contributed by atoms with van der Waals surface area (Å²) < 4.78 is 3.94. The van der Waals surface area contributed by atoms with Gasteiger partial charge < -0.3 is 10.3 Å². The third kappa shape index (κ3) is 2.99. The number of imidazole rings is 1. The molecule has 0 radical (unpaired) electrons. The van der Waals surface area contributed by atoms with Gasteiger partial charge in [-0.15, -0.1) is 0 Å². The van der Waals surface area contributed by atoms with E-state index in [4.69, 9.17) is 5.73 Å². The van der Waals surface area contributed by atoms with Crippen LogP contribution in [0.25, 0.3) is 0 Å². The Balaban J connectivity index is 2.19. The first kappa shape index (κ1) is 13.7. The van der Waals surface area contributed by atoms with E-state index in [1.165, 1.54) is 0 Å². The van der Waals surface area contributed by atoms with E-state index in [-0.39, 0.29) is 6.04 Å². The highest BCUT2D eigenvalue weighted by Crippen LogP contribution is 2.25. The van der Waals surface area contributed by atoms with Crippen LogP contribution in [-0.4, -0.2) is 14.5 Å². The molecule has 2 heterocycles. The number of pyridine rings is 1. The van der Waals surface area contributed by atoms with Crippen LogP contribution in [-0.2, 0) is 13.0 Å². The number of hydrogen-bond acceptors (Lipinski definition) is 3. The Morgan fingerprint density at radius 3 is 2.83 bits per heavy atom. The van der Waals surface area contributed by atoms with Gasteiger partial charge in [-0.05, 0) is 44.8 Å². The molecule has 6 heteroatoms. The van der Waals surface area contributed by atoms with E-state index < -0.39 is 0 Å². The highest BCUT2D eigenvalue weighted by molar-refractivity contribution is 9.11. The second-order valence-electron chi connectivity index (χ2n) is 3.96. The third-order valence-corrected chi connectivity index (χ3v) is 3.80. The second kappa shape index (κ2) is 5.95. The summed E-state index contributed by atoms with van der Waals surface area (Å²) >= 11 is 6.87. The Labute approximate surface area is 123 Å². The molecule has 2 aromatic heterocycles. The Bertz CT molecular complexity index is 539. The number of aryl methyl sites for hydroxylation is 1. The summed E-state index contributed by atoms with van der Waals surface area (Å²) in [6, 6.07) is 1.79.